The maximum absolute atomic E-state index is 5.95. The second kappa shape index (κ2) is 7.75. The summed E-state index contributed by atoms with van der Waals surface area (Å²) >= 11 is 17.1. The lowest BCUT2D eigenvalue weighted by Crippen LogP contribution is -2.30. The first kappa shape index (κ1) is 16.3. The van der Waals surface area contributed by atoms with E-state index in [0.29, 0.717) is 26.5 Å². The summed E-state index contributed by atoms with van der Waals surface area (Å²) in [6.45, 7) is 1.82. The molecule has 0 saturated heterocycles. The van der Waals surface area contributed by atoms with Crippen LogP contribution in [0, 0.1) is 0 Å². The van der Waals surface area contributed by atoms with Gasteiger partial charge in [-0.25, -0.2) is 0 Å². The van der Waals surface area contributed by atoms with Gasteiger partial charge in [0.1, 0.15) is 0 Å². The molecule has 106 valence electrons. The van der Waals surface area contributed by atoms with E-state index in [1.165, 1.54) is 0 Å². The Labute approximate surface area is 129 Å². The fourth-order valence-corrected chi connectivity index (χ4v) is 2.14. The molecule has 0 radical (unpaired) electrons. The fraction of sp³-hybridized carbons (Fsp3) is 0.417. The van der Waals surface area contributed by atoms with Crippen LogP contribution in [0.1, 0.15) is 6.42 Å². The third-order valence-corrected chi connectivity index (χ3v) is 3.28. The van der Waals surface area contributed by atoms with Gasteiger partial charge in [0.2, 0.25) is 0 Å². The summed E-state index contributed by atoms with van der Waals surface area (Å²) < 4.78 is 0. The van der Waals surface area contributed by atoms with Crippen LogP contribution in [0.25, 0.3) is 0 Å². The number of halogens is 2. The van der Waals surface area contributed by atoms with E-state index in [4.69, 9.17) is 41.2 Å². The number of nitrogens with zero attached hydrogens (tertiary/aromatic N) is 1. The number of nitrogens with two attached hydrogens (primary N) is 1. The molecule has 0 aliphatic heterocycles. The fourth-order valence-electron chi connectivity index (χ4n) is 1.43. The summed E-state index contributed by atoms with van der Waals surface area (Å²) in [5, 5.41) is 7.49. The normalized spacial score (nSPS) is 10.6. The zero-order valence-corrected chi connectivity index (χ0v) is 13.3. The largest absolute Gasteiger partial charge is 0.396 e. The molecule has 0 aliphatic rings. The van der Waals surface area contributed by atoms with Crippen LogP contribution in [-0.2, 0) is 0 Å². The Morgan fingerprint density at radius 3 is 2.42 bits per heavy atom. The molecule has 7 heteroatoms. The van der Waals surface area contributed by atoms with Gasteiger partial charge in [0.25, 0.3) is 0 Å². The van der Waals surface area contributed by atoms with Crippen LogP contribution in [0.4, 0.5) is 11.4 Å². The lowest BCUT2D eigenvalue weighted by Gasteiger charge is -2.13. The van der Waals surface area contributed by atoms with Gasteiger partial charge in [-0.1, -0.05) is 23.2 Å². The SMILES string of the molecule is CN(C)CCCNC(=S)Nc1cc(Cl)c(N)c(Cl)c1. The smallest absolute Gasteiger partial charge is 0.170 e. The van der Waals surface area contributed by atoms with E-state index in [0.717, 1.165) is 19.5 Å². The quantitative estimate of drug-likeness (QED) is 0.442. The number of thiocarbonyl (C=S) groups is 1. The Kier molecular flexibility index (Phi) is 6.65. The third kappa shape index (κ3) is 5.82. The highest BCUT2D eigenvalue weighted by molar-refractivity contribution is 7.80. The Hall–Kier alpha value is -0.750. The highest BCUT2D eigenvalue weighted by Crippen LogP contribution is 2.30. The van der Waals surface area contributed by atoms with Crippen LogP contribution in [0.5, 0.6) is 0 Å². The summed E-state index contributed by atoms with van der Waals surface area (Å²) in [7, 11) is 4.07. The van der Waals surface area contributed by atoms with E-state index in [2.05, 4.69) is 15.5 Å². The molecule has 0 aromatic heterocycles. The van der Waals surface area contributed by atoms with Gasteiger partial charge < -0.3 is 21.3 Å². The second-order valence-electron chi connectivity index (χ2n) is 4.39. The van der Waals surface area contributed by atoms with Gasteiger partial charge in [-0.2, -0.15) is 0 Å². The maximum atomic E-state index is 5.95. The van der Waals surface area contributed by atoms with Crippen molar-refractivity contribution in [2.45, 2.75) is 6.42 Å². The first-order valence-electron chi connectivity index (χ1n) is 5.84. The topological polar surface area (TPSA) is 53.3 Å². The molecule has 0 saturated carbocycles. The summed E-state index contributed by atoms with van der Waals surface area (Å²) in [6, 6.07) is 3.38. The van der Waals surface area contributed by atoms with E-state index in [1.807, 2.05) is 14.1 Å². The zero-order chi connectivity index (χ0) is 14.4. The van der Waals surface area contributed by atoms with E-state index in [-0.39, 0.29) is 0 Å². The Bertz CT molecular complexity index is 428. The van der Waals surface area contributed by atoms with Gasteiger partial charge in [-0.3, -0.25) is 0 Å². The molecule has 1 aromatic rings. The van der Waals surface area contributed by atoms with Gasteiger partial charge in [0.15, 0.2) is 5.11 Å². The van der Waals surface area contributed by atoms with Crippen molar-refractivity contribution in [2.24, 2.45) is 0 Å². The molecule has 0 aliphatic carbocycles. The van der Waals surface area contributed by atoms with E-state index < -0.39 is 0 Å². The van der Waals surface area contributed by atoms with Crippen molar-refractivity contribution >= 4 is 51.9 Å². The van der Waals surface area contributed by atoms with Crippen LogP contribution in [0.3, 0.4) is 0 Å². The number of nitrogen functional groups attached to an aromatic ring is 1. The Morgan fingerprint density at radius 2 is 1.89 bits per heavy atom. The predicted molar refractivity (Wildman–Crippen MR) is 88.3 cm³/mol. The van der Waals surface area contributed by atoms with Gasteiger partial charge in [-0.15, -0.1) is 0 Å². The van der Waals surface area contributed by atoms with Crippen LogP contribution in [0.15, 0.2) is 12.1 Å². The number of hydrogen-bond acceptors (Lipinski definition) is 3. The zero-order valence-electron chi connectivity index (χ0n) is 11.0. The van der Waals surface area contributed by atoms with Crippen molar-refractivity contribution in [3.8, 4) is 0 Å². The molecule has 1 rings (SSSR count). The monoisotopic (exact) mass is 320 g/mol. The van der Waals surface area contributed by atoms with Crippen molar-refractivity contribution in [3.63, 3.8) is 0 Å². The molecule has 0 amide bonds. The molecule has 0 fully saturated rings. The van der Waals surface area contributed by atoms with Crippen molar-refractivity contribution in [1.82, 2.24) is 10.2 Å². The number of anilines is 2. The lowest BCUT2D eigenvalue weighted by molar-refractivity contribution is 0.400. The minimum absolute atomic E-state index is 0.374. The van der Waals surface area contributed by atoms with Gasteiger partial charge in [-0.05, 0) is 51.4 Å². The van der Waals surface area contributed by atoms with Crippen LogP contribution < -0.4 is 16.4 Å². The van der Waals surface area contributed by atoms with E-state index in [1.54, 1.807) is 12.1 Å². The Balaban J connectivity index is 2.44. The van der Waals surface area contributed by atoms with Gasteiger partial charge in [0, 0.05) is 12.2 Å². The molecular formula is C12H18Cl2N4S. The lowest BCUT2D eigenvalue weighted by atomic mass is 10.3. The second-order valence-corrected chi connectivity index (χ2v) is 5.61. The van der Waals surface area contributed by atoms with Crippen molar-refractivity contribution in [2.75, 3.05) is 38.2 Å². The molecule has 0 heterocycles. The number of benzene rings is 1. The molecule has 4 nitrogen and oxygen atoms in total. The maximum Gasteiger partial charge on any atom is 0.170 e. The predicted octanol–water partition coefficient (Wildman–Crippen LogP) is 2.81. The molecular weight excluding hydrogens is 303 g/mol. The molecule has 19 heavy (non-hydrogen) atoms. The first-order valence-corrected chi connectivity index (χ1v) is 7.00. The minimum Gasteiger partial charge on any atom is -0.396 e. The molecule has 0 bridgehead atoms. The summed E-state index contributed by atoms with van der Waals surface area (Å²) in [5.41, 5.74) is 6.75. The number of hydrogen-bond donors (Lipinski definition) is 3. The van der Waals surface area contributed by atoms with Crippen molar-refractivity contribution < 1.29 is 0 Å². The molecule has 4 N–H and O–H groups in total. The summed E-state index contributed by atoms with van der Waals surface area (Å²) in [6.07, 6.45) is 1.01. The van der Waals surface area contributed by atoms with E-state index in [9.17, 15) is 0 Å². The van der Waals surface area contributed by atoms with Gasteiger partial charge in [0.05, 0.1) is 15.7 Å². The number of rotatable bonds is 5. The van der Waals surface area contributed by atoms with Crippen LogP contribution >= 0.6 is 35.4 Å². The van der Waals surface area contributed by atoms with Crippen LogP contribution in [0.2, 0.25) is 10.0 Å². The highest BCUT2D eigenvalue weighted by Gasteiger charge is 2.05. The molecule has 0 spiro atoms. The van der Waals surface area contributed by atoms with Crippen molar-refractivity contribution in [1.29, 1.82) is 0 Å². The third-order valence-electron chi connectivity index (χ3n) is 2.40. The number of nitrogens with one attached hydrogen (secondary N) is 2. The average Bonchev–Trinajstić information content (AvgIpc) is 2.31. The van der Waals surface area contributed by atoms with E-state index >= 15 is 0 Å². The van der Waals surface area contributed by atoms with Crippen LogP contribution in [-0.4, -0.2) is 37.2 Å². The molecule has 1 aromatic carbocycles. The van der Waals surface area contributed by atoms with Gasteiger partial charge >= 0.3 is 0 Å². The standard InChI is InChI=1S/C12H18Cl2N4S/c1-18(2)5-3-4-16-12(19)17-8-6-9(13)11(15)10(14)7-8/h6-7H,3-5,15H2,1-2H3,(H2,16,17,19). The minimum atomic E-state index is 0.374. The summed E-state index contributed by atoms with van der Waals surface area (Å²) in [4.78, 5) is 2.12. The average molecular weight is 321 g/mol. The first-order chi connectivity index (χ1) is 8.90. The highest BCUT2D eigenvalue weighted by atomic mass is 35.5. The summed E-state index contributed by atoms with van der Waals surface area (Å²) in [5.74, 6) is 0. The van der Waals surface area contributed by atoms with Crippen molar-refractivity contribution in [3.05, 3.63) is 22.2 Å². The molecule has 0 unspecified atom stereocenters. The Morgan fingerprint density at radius 1 is 1.32 bits per heavy atom. The molecule has 0 atom stereocenters.